The second-order valence-corrected chi connectivity index (χ2v) is 6.71. The summed E-state index contributed by atoms with van der Waals surface area (Å²) >= 11 is 0. The van der Waals surface area contributed by atoms with Crippen LogP contribution in [0.4, 0.5) is 35.9 Å². The van der Waals surface area contributed by atoms with Crippen molar-refractivity contribution in [1.29, 1.82) is 0 Å². The van der Waals surface area contributed by atoms with E-state index in [1.165, 1.54) is 12.5 Å². The standard InChI is InChI=1S/C7H3FN2O3.C7H5FN2O.C6H5FN2O3/c8-5-1-4(10(11)12)2-6-7(5)13-3-9-6;8-5-1-4(9)2-6-7(5)11-3-10-6;7-4-1-3(9(11)12)2-5(8)6(4)10/h1-3H;1-3H,9H2;1-2,10H,8H2. The predicted molar refractivity (Wildman–Crippen MR) is 118 cm³/mol. The van der Waals surface area contributed by atoms with Crippen molar-refractivity contribution in [3.63, 3.8) is 0 Å². The van der Waals surface area contributed by atoms with Gasteiger partial charge in [0.25, 0.3) is 11.4 Å². The summed E-state index contributed by atoms with van der Waals surface area (Å²) in [5.74, 6) is -3.11. The largest absolute Gasteiger partial charge is 0.503 e. The predicted octanol–water partition coefficient (Wildman–Crippen LogP) is 4.45. The van der Waals surface area contributed by atoms with Gasteiger partial charge in [0.1, 0.15) is 11.0 Å². The van der Waals surface area contributed by atoms with E-state index in [0.717, 1.165) is 24.6 Å². The molecule has 0 bridgehead atoms. The molecule has 186 valence electrons. The summed E-state index contributed by atoms with van der Waals surface area (Å²) in [4.78, 5) is 26.3. The molecule has 3 aromatic carbocycles. The van der Waals surface area contributed by atoms with Crippen molar-refractivity contribution in [3.8, 4) is 5.75 Å². The van der Waals surface area contributed by atoms with Gasteiger partial charge < -0.3 is 25.4 Å². The Morgan fingerprint density at radius 3 is 1.75 bits per heavy atom. The van der Waals surface area contributed by atoms with Gasteiger partial charge in [-0.05, 0) is 6.07 Å². The van der Waals surface area contributed by atoms with Crippen LogP contribution >= 0.6 is 0 Å². The van der Waals surface area contributed by atoms with Gasteiger partial charge in [0.05, 0.1) is 27.7 Å². The normalized spacial score (nSPS) is 10.3. The van der Waals surface area contributed by atoms with Gasteiger partial charge >= 0.3 is 0 Å². The maximum Gasteiger partial charge on any atom is 0.274 e. The minimum absolute atomic E-state index is 0.0643. The number of phenols is 1. The van der Waals surface area contributed by atoms with Crippen molar-refractivity contribution in [2.24, 2.45) is 0 Å². The molecule has 0 radical (unpaired) electrons. The van der Waals surface area contributed by atoms with Crippen molar-refractivity contribution in [2.75, 3.05) is 11.5 Å². The van der Waals surface area contributed by atoms with Crippen LogP contribution in [0.25, 0.3) is 22.2 Å². The highest BCUT2D eigenvalue weighted by atomic mass is 19.1. The molecule has 0 aliphatic carbocycles. The minimum Gasteiger partial charge on any atom is -0.503 e. The molecule has 0 aliphatic heterocycles. The van der Waals surface area contributed by atoms with E-state index in [1.54, 1.807) is 6.07 Å². The number of nitrogens with zero attached hydrogens (tertiary/aromatic N) is 4. The maximum atomic E-state index is 13.0. The van der Waals surface area contributed by atoms with Crippen LogP contribution in [0, 0.1) is 37.7 Å². The molecular weight excluding hydrogens is 493 g/mol. The zero-order valence-corrected chi connectivity index (χ0v) is 17.6. The number of hydrogen-bond donors (Lipinski definition) is 3. The number of halogens is 3. The number of phenolic OH excluding ortho intramolecular Hbond substituents is 1. The highest BCUT2D eigenvalue weighted by molar-refractivity contribution is 5.77. The summed E-state index contributed by atoms with van der Waals surface area (Å²) in [5.41, 5.74) is 10.3. The molecule has 0 amide bonds. The molecule has 0 unspecified atom stereocenters. The molecule has 16 heteroatoms. The zero-order chi connectivity index (χ0) is 26.6. The van der Waals surface area contributed by atoms with E-state index >= 15 is 0 Å². The van der Waals surface area contributed by atoms with E-state index in [9.17, 15) is 33.4 Å². The highest BCUT2D eigenvalue weighted by Gasteiger charge is 2.15. The number of nitrogens with two attached hydrogens (primary N) is 2. The third-order valence-electron chi connectivity index (χ3n) is 4.28. The molecule has 5 N–H and O–H groups in total. The van der Waals surface area contributed by atoms with Crippen LogP contribution in [0.3, 0.4) is 0 Å². The van der Waals surface area contributed by atoms with E-state index in [4.69, 9.17) is 21.0 Å². The molecule has 0 aliphatic rings. The number of benzene rings is 3. The number of non-ortho nitro benzene ring substituents is 2. The van der Waals surface area contributed by atoms with Gasteiger partial charge in [-0.2, -0.15) is 0 Å². The minimum atomic E-state index is -1.10. The molecule has 5 rings (SSSR count). The van der Waals surface area contributed by atoms with E-state index < -0.39 is 38.7 Å². The number of oxazole rings is 2. The second kappa shape index (κ2) is 10.2. The average molecular weight is 506 g/mol. The van der Waals surface area contributed by atoms with Crippen LogP contribution in [-0.4, -0.2) is 24.9 Å². The van der Waals surface area contributed by atoms with E-state index in [-0.39, 0.29) is 28.1 Å². The lowest BCUT2D eigenvalue weighted by atomic mass is 10.2. The van der Waals surface area contributed by atoms with Gasteiger partial charge in [0.15, 0.2) is 47.2 Å². The number of rotatable bonds is 2. The van der Waals surface area contributed by atoms with Crippen molar-refractivity contribution >= 4 is 44.9 Å². The van der Waals surface area contributed by atoms with Crippen LogP contribution in [-0.2, 0) is 0 Å². The molecule has 0 saturated carbocycles. The number of aromatic hydroxyl groups is 1. The Kier molecular flexibility index (Phi) is 7.18. The summed E-state index contributed by atoms with van der Waals surface area (Å²) in [7, 11) is 0. The SMILES string of the molecule is Nc1cc(F)c2ocnc2c1.Nc1cc([N+](=O)[O-])cc(F)c1O.O=[N+]([O-])c1cc(F)c2ocnc2c1. The van der Waals surface area contributed by atoms with Gasteiger partial charge in [0.2, 0.25) is 0 Å². The summed E-state index contributed by atoms with van der Waals surface area (Å²) in [6.45, 7) is 0. The van der Waals surface area contributed by atoms with Gasteiger partial charge in [-0.1, -0.05) is 0 Å². The van der Waals surface area contributed by atoms with E-state index in [2.05, 4.69) is 14.4 Å². The fourth-order valence-electron chi connectivity index (χ4n) is 2.68. The Morgan fingerprint density at radius 2 is 1.22 bits per heavy atom. The molecule has 0 fully saturated rings. The van der Waals surface area contributed by atoms with Crippen molar-refractivity contribution in [2.45, 2.75) is 0 Å². The molecule has 13 nitrogen and oxygen atoms in total. The maximum absolute atomic E-state index is 13.0. The van der Waals surface area contributed by atoms with E-state index in [0.29, 0.717) is 17.3 Å². The highest BCUT2D eigenvalue weighted by Crippen LogP contribution is 2.28. The lowest BCUT2D eigenvalue weighted by Gasteiger charge is -1.98. The van der Waals surface area contributed by atoms with Crippen LogP contribution in [0.2, 0.25) is 0 Å². The van der Waals surface area contributed by atoms with Crippen LogP contribution in [0.1, 0.15) is 0 Å². The Morgan fingerprint density at radius 1 is 0.750 bits per heavy atom. The van der Waals surface area contributed by atoms with Crippen LogP contribution in [0.15, 0.2) is 58.0 Å². The fraction of sp³-hybridized carbons (Fsp3) is 0. The van der Waals surface area contributed by atoms with Crippen LogP contribution < -0.4 is 11.5 Å². The number of hydrogen-bond acceptors (Lipinski definition) is 11. The number of nitrogen functional groups attached to an aromatic ring is 2. The number of nitro benzene ring substituents is 2. The Balaban J connectivity index is 0.000000151. The third kappa shape index (κ3) is 5.56. The lowest BCUT2D eigenvalue weighted by Crippen LogP contribution is -1.93. The Hall–Kier alpha value is -5.41. The molecule has 5 aromatic rings. The first-order chi connectivity index (χ1) is 17.0. The average Bonchev–Trinajstić information content (AvgIpc) is 3.47. The molecule has 0 saturated heterocycles. The smallest absolute Gasteiger partial charge is 0.274 e. The third-order valence-corrected chi connectivity index (χ3v) is 4.28. The quantitative estimate of drug-likeness (QED) is 0.132. The summed E-state index contributed by atoms with van der Waals surface area (Å²) in [5, 5.41) is 29.2. The number of nitro groups is 2. The van der Waals surface area contributed by atoms with Gasteiger partial charge in [-0.15, -0.1) is 0 Å². The number of aromatic nitrogens is 2. The summed E-state index contributed by atoms with van der Waals surface area (Å²) in [6.07, 6.45) is 2.23. The molecule has 36 heavy (non-hydrogen) atoms. The molecule has 2 aromatic heterocycles. The van der Waals surface area contributed by atoms with E-state index in [1.807, 2.05) is 0 Å². The Labute approximate surface area is 196 Å². The zero-order valence-electron chi connectivity index (χ0n) is 17.6. The first-order valence-electron chi connectivity index (χ1n) is 9.35. The topological polar surface area (TPSA) is 211 Å². The molecule has 0 spiro atoms. The van der Waals surface area contributed by atoms with Gasteiger partial charge in [0, 0.05) is 23.9 Å². The second-order valence-electron chi connectivity index (χ2n) is 6.71. The van der Waals surface area contributed by atoms with Gasteiger partial charge in [-0.3, -0.25) is 20.2 Å². The van der Waals surface area contributed by atoms with Crippen molar-refractivity contribution < 1.29 is 37.0 Å². The summed E-state index contributed by atoms with van der Waals surface area (Å²) in [6, 6.07) is 6.20. The molecule has 2 heterocycles. The van der Waals surface area contributed by atoms with Crippen molar-refractivity contribution in [3.05, 3.63) is 86.9 Å². The summed E-state index contributed by atoms with van der Waals surface area (Å²) < 4.78 is 47.9. The Bertz CT molecular complexity index is 1560. The lowest BCUT2D eigenvalue weighted by molar-refractivity contribution is -0.385. The number of fused-ring (bicyclic) bond motifs is 2. The molecular formula is C20H13F3N6O7. The van der Waals surface area contributed by atoms with Crippen molar-refractivity contribution in [1.82, 2.24) is 9.97 Å². The van der Waals surface area contributed by atoms with Gasteiger partial charge in [-0.25, -0.2) is 23.1 Å². The first-order valence-corrected chi connectivity index (χ1v) is 9.35. The number of anilines is 2. The molecule has 0 atom stereocenters. The fourth-order valence-corrected chi connectivity index (χ4v) is 2.68. The van der Waals surface area contributed by atoms with Crippen LogP contribution in [0.5, 0.6) is 5.75 Å². The monoisotopic (exact) mass is 506 g/mol. The first kappa shape index (κ1) is 25.2.